The molecule has 1 fully saturated rings. The molecule has 0 bridgehead atoms. The SMILES string of the molecule is CCn1cc(C(F)(F)F)nc1-c1ccc(Cn2c(=O)c(C)cn3nc(-c4c(OC(F)F)ncnc4C4CC4)nc23)cc1. The number of imidazole rings is 1. The fourth-order valence-corrected chi connectivity index (χ4v) is 4.77. The van der Waals surface area contributed by atoms with Crippen LogP contribution in [-0.2, 0) is 19.3 Å². The summed E-state index contributed by atoms with van der Waals surface area (Å²) in [5.41, 5.74) is 0.813. The van der Waals surface area contributed by atoms with Crippen molar-refractivity contribution in [3.05, 3.63) is 75.9 Å². The van der Waals surface area contributed by atoms with Crippen LogP contribution in [0.1, 0.15) is 48.2 Å². The van der Waals surface area contributed by atoms with E-state index in [1.165, 1.54) is 19.8 Å². The van der Waals surface area contributed by atoms with Gasteiger partial charge in [-0.3, -0.25) is 9.36 Å². The number of alkyl halides is 5. The minimum absolute atomic E-state index is 0.0348. The van der Waals surface area contributed by atoms with Crippen LogP contribution >= 0.6 is 0 Å². The van der Waals surface area contributed by atoms with E-state index in [1.807, 2.05) is 0 Å². The van der Waals surface area contributed by atoms with E-state index in [1.54, 1.807) is 38.1 Å². The number of aromatic nitrogens is 8. The molecule has 1 saturated carbocycles. The lowest BCUT2D eigenvalue weighted by Crippen LogP contribution is -2.25. The molecular weight excluding hydrogens is 563 g/mol. The van der Waals surface area contributed by atoms with E-state index in [4.69, 9.17) is 0 Å². The largest absolute Gasteiger partial charge is 0.434 e. The van der Waals surface area contributed by atoms with Crippen molar-refractivity contribution < 1.29 is 26.7 Å². The van der Waals surface area contributed by atoms with Gasteiger partial charge in [0.05, 0.1) is 12.2 Å². The third-order valence-corrected chi connectivity index (χ3v) is 6.94. The molecule has 15 heteroatoms. The van der Waals surface area contributed by atoms with Crippen molar-refractivity contribution in [1.29, 1.82) is 0 Å². The van der Waals surface area contributed by atoms with Crippen LogP contribution in [-0.4, -0.2) is 45.3 Å². The number of hydrogen-bond acceptors (Lipinski definition) is 7. The quantitative estimate of drug-likeness (QED) is 0.234. The Labute approximate surface area is 234 Å². The normalized spacial score (nSPS) is 13.8. The molecule has 0 amide bonds. The lowest BCUT2D eigenvalue weighted by molar-refractivity contribution is -0.140. The molecular formula is C27H23F5N8O2. The van der Waals surface area contributed by atoms with E-state index in [-0.39, 0.29) is 46.9 Å². The third-order valence-electron chi connectivity index (χ3n) is 6.94. The standard InChI is InChI=1S/C27H23F5N8O2/c1-3-38-12-18(27(30,31)32)35-22(38)17-6-4-15(5-7-17)11-39-24(41)14(2)10-40-26(39)36-21(37-40)19-20(16-8-9-16)33-13-34-23(19)42-25(28)29/h4-7,10,12-13,16,25H,3,8-9,11H2,1-2H3. The molecule has 5 aromatic rings. The molecule has 6 rings (SSSR count). The Bertz CT molecular complexity index is 1840. The van der Waals surface area contributed by atoms with Crippen LogP contribution in [0.3, 0.4) is 0 Å². The van der Waals surface area contributed by atoms with Crippen molar-refractivity contribution in [2.45, 2.75) is 58.5 Å². The minimum atomic E-state index is -4.57. The van der Waals surface area contributed by atoms with Gasteiger partial charge in [0.25, 0.3) is 5.56 Å². The van der Waals surface area contributed by atoms with E-state index in [0.717, 1.165) is 25.4 Å². The maximum absolute atomic E-state index is 13.2. The van der Waals surface area contributed by atoms with Crippen LogP contribution in [0.25, 0.3) is 28.6 Å². The van der Waals surface area contributed by atoms with Crippen LogP contribution < -0.4 is 10.3 Å². The van der Waals surface area contributed by atoms with Crippen LogP contribution in [0.15, 0.2) is 47.8 Å². The number of halogens is 5. The average molecular weight is 587 g/mol. The molecule has 1 aliphatic carbocycles. The zero-order chi connectivity index (χ0) is 29.8. The topological polar surface area (TPSA) is 105 Å². The molecule has 0 atom stereocenters. The molecule has 0 N–H and O–H groups in total. The second kappa shape index (κ2) is 10.3. The average Bonchev–Trinajstić information content (AvgIpc) is 3.55. The van der Waals surface area contributed by atoms with Gasteiger partial charge in [-0.15, -0.1) is 5.10 Å². The van der Waals surface area contributed by atoms with Crippen LogP contribution in [0.5, 0.6) is 5.88 Å². The van der Waals surface area contributed by atoms with Gasteiger partial charge in [0.2, 0.25) is 11.7 Å². The first-order valence-corrected chi connectivity index (χ1v) is 13.0. The highest BCUT2D eigenvalue weighted by molar-refractivity contribution is 5.67. The molecule has 0 saturated heterocycles. The van der Waals surface area contributed by atoms with Crippen LogP contribution in [0.2, 0.25) is 0 Å². The van der Waals surface area contributed by atoms with Gasteiger partial charge >= 0.3 is 12.8 Å². The summed E-state index contributed by atoms with van der Waals surface area (Å²) in [6.45, 7) is 0.559. The Morgan fingerprint density at radius 1 is 1.07 bits per heavy atom. The molecule has 0 unspecified atom stereocenters. The van der Waals surface area contributed by atoms with Crippen molar-refractivity contribution in [3.8, 4) is 28.7 Å². The Hall–Kier alpha value is -4.69. The van der Waals surface area contributed by atoms with Crippen molar-refractivity contribution in [3.63, 3.8) is 0 Å². The van der Waals surface area contributed by atoms with E-state index in [0.29, 0.717) is 28.9 Å². The first-order chi connectivity index (χ1) is 20.0. The molecule has 42 heavy (non-hydrogen) atoms. The third kappa shape index (κ3) is 5.10. The van der Waals surface area contributed by atoms with Gasteiger partial charge in [0, 0.05) is 36.0 Å². The van der Waals surface area contributed by atoms with Gasteiger partial charge in [0.1, 0.15) is 17.7 Å². The Morgan fingerprint density at radius 2 is 1.81 bits per heavy atom. The number of hydrogen-bond donors (Lipinski definition) is 0. The molecule has 10 nitrogen and oxygen atoms in total. The predicted octanol–water partition coefficient (Wildman–Crippen LogP) is 5.09. The summed E-state index contributed by atoms with van der Waals surface area (Å²) < 4.78 is 74.9. The van der Waals surface area contributed by atoms with Gasteiger partial charge in [-0.2, -0.15) is 26.9 Å². The van der Waals surface area contributed by atoms with E-state index in [9.17, 15) is 26.7 Å². The maximum Gasteiger partial charge on any atom is 0.434 e. The summed E-state index contributed by atoms with van der Waals surface area (Å²) in [7, 11) is 0. The fourth-order valence-electron chi connectivity index (χ4n) is 4.77. The number of benzene rings is 1. The number of rotatable bonds is 8. The lowest BCUT2D eigenvalue weighted by Gasteiger charge is -2.10. The minimum Gasteiger partial charge on any atom is -0.416 e. The summed E-state index contributed by atoms with van der Waals surface area (Å²) in [6.07, 6.45) is 0.694. The van der Waals surface area contributed by atoms with Gasteiger partial charge in [-0.1, -0.05) is 24.3 Å². The van der Waals surface area contributed by atoms with Crippen molar-refractivity contribution in [1.82, 2.24) is 38.7 Å². The highest BCUT2D eigenvalue weighted by Crippen LogP contribution is 2.45. The van der Waals surface area contributed by atoms with E-state index >= 15 is 0 Å². The highest BCUT2D eigenvalue weighted by Gasteiger charge is 2.35. The molecule has 0 radical (unpaired) electrons. The number of aryl methyl sites for hydroxylation is 2. The van der Waals surface area contributed by atoms with Crippen molar-refractivity contribution >= 4 is 5.78 Å². The van der Waals surface area contributed by atoms with Crippen LogP contribution in [0.4, 0.5) is 22.0 Å². The van der Waals surface area contributed by atoms with Crippen molar-refractivity contribution in [2.75, 3.05) is 0 Å². The smallest absolute Gasteiger partial charge is 0.416 e. The zero-order valence-electron chi connectivity index (χ0n) is 22.3. The number of fused-ring (bicyclic) bond motifs is 1. The Morgan fingerprint density at radius 3 is 2.45 bits per heavy atom. The summed E-state index contributed by atoms with van der Waals surface area (Å²) in [5, 5.41) is 4.46. The Balaban J connectivity index is 1.38. The number of nitrogens with zero attached hydrogens (tertiary/aromatic N) is 8. The molecule has 1 aliphatic rings. The molecule has 0 spiro atoms. The number of ether oxygens (including phenoxy) is 1. The van der Waals surface area contributed by atoms with Gasteiger partial charge in [0.15, 0.2) is 11.5 Å². The predicted molar refractivity (Wildman–Crippen MR) is 139 cm³/mol. The molecule has 4 heterocycles. The maximum atomic E-state index is 13.2. The van der Waals surface area contributed by atoms with E-state index in [2.05, 4.69) is 29.8 Å². The molecule has 0 aliphatic heterocycles. The summed E-state index contributed by atoms with van der Waals surface area (Å²) in [6, 6.07) is 6.64. The van der Waals surface area contributed by atoms with E-state index < -0.39 is 18.5 Å². The van der Waals surface area contributed by atoms with Crippen molar-refractivity contribution in [2.24, 2.45) is 0 Å². The Kier molecular flexibility index (Phi) is 6.74. The first-order valence-electron chi connectivity index (χ1n) is 13.0. The summed E-state index contributed by atoms with van der Waals surface area (Å²) in [5.74, 6) is 0.0430. The summed E-state index contributed by atoms with van der Waals surface area (Å²) in [4.78, 5) is 29.7. The monoisotopic (exact) mass is 586 g/mol. The highest BCUT2D eigenvalue weighted by atomic mass is 19.4. The molecule has 218 valence electrons. The van der Waals surface area contributed by atoms with Crippen LogP contribution in [0, 0.1) is 6.92 Å². The second-order valence-corrected chi connectivity index (χ2v) is 9.91. The van der Waals surface area contributed by atoms with Gasteiger partial charge < -0.3 is 9.30 Å². The summed E-state index contributed by atoms with van der Waals surface area (Å²) >= 11 is 0. The molecule has 1 aromatic carbocycles. The molecule has 4 aromatic heterocycles. The van der Waals surface area contributed by atoms with Gasteiger partial charge in [-0.05, 0) is 32.3 Å². The fraction of sp³-hybridized carbons (Fsp3) is 0.333. The first kappa shape index (κ1) is 27.5. The van der Waals surface area contributed by atoms with Gasteiger partial charge in [-0.25, -0.2) is 19.5 Å². The zero-order valence-corrected chi connectivity index (χ0v) is 22.3. The lowest BCUT2D eigenvalue weighted by atomic mass is 10.1. The second-order valence-electron chi connectivity index (χ2n) is 9.91.